The molecule has 0 unspecified atom stereocenters. The lowest BCUT2D eigenvalue weighted by Gasteiger charge is -1.97. The molecule has 0 atom stereocenters. The summed E-state index contributed by atoms with van der Waals surface area (Å²) in [7, 11) is 0. The molecule has 1 radical (unpaired) electrons. The minimum absolute atomic E-state index is 0.906. The molecular formula is C11H13N4. The van der Waals surface area contributed by atoms with Crippen LogP contribution in [0.15, 0.2) is 31.2 Å². The fourth-order valence-electron chi connectivity index (χ4n) is 1.30. The Balaban J connectivity index is 2.14. The van der Waals surface area contributed by atoms with Crippen LogP contribution in [0.5, 0.6) is 0 Å². The third-order valence-corrected chi connectivity index (χ3v) is 2.09. The van der Waals surface area contributed by atoms with Crippen molar-refractivity contribution in [3.63, 3.8) is 0 Å². The van der Waals surface area contributed by atoms with Gasteiger partial charge in [0.2, 0.25) is 0 Å². The smallest absolute Gasteiger partial charge is 0.115 e. The zero-order valence-corrected chi connectivity index (χ0v) is 8.67. The first kappa shape index (κ1) is 9.83. The minimum atomic E-state index is 0.906. The van der Waals surface area contributed by atoms with Gasteiger partial charge in [-0.05, 0) is 6.42 Å². The van der Waals surface area contributed by atoms with Crippen LogP contribution in [-0.4, -0.2) is 19.5 Å². The number of hydrogen-bond donors (Lipinski definition) is 0. The van der Waals surface area contributed by atoms with Gasteiger partial charge < -0.3 is 4.57 Å². The SMILES string of the molecule is CCC[CH]n1cnc(-c2cncnc2)c1. The van der Waals surface area contributed by atoms with Crippen molar-refractivity contribution in [1.82, 2.24) is 19.5 Å². The van der Waals surface area contributed by atoms with Gasteiger partial charge in [0.05, 0.1) is 18.6 Å². The molecule has 2 rings (SSSR count). The monoisotopic (exact) mass is 201 g/mol. The molecule has 77 valence electrons. The van der Waals surface area contributed by atoms with Crippen LogP contribution in [0.25, 0.3) is 11.3 Å². The number of nitrogens with zero attached hydrogens (tertiary/aromatic N) is 4. The molecule has 0 fully saturated rings. The highest BCUT2D eigenvalue weighted by Gasteiger charge is 2.01. The summed E-state index contributed by atoms with van der Waals surface area (Å²) >= 11 is 0. The van der Waals surface area contributed by atoms with Crippen LogP contribution in [0.4, 0.5) is 0 Å². The van der Waals surface area contributed by atoms with Crippen LogP contribution < -0.4 is 0 Å². The summed E-state index contributed by atoms with van der Waals surface area (Å²) in [6.45, 7) is 4.26. The molecule has 0 spiro atoms. The highest BCUT2D eigenvalue weighted by Crippen LogP contribution is 2.14. The third kappa shape index (κ3) is 2.40. The normalized spacial score (nSPS) is 10.5. The lowest BCUT2D eigenvalue weighted by Crippen LogP contribution is -1.89. The molecule has 0 saturated carbocycles. The topological polar surface area (TPSA) is 43.6 Å². The van der Waals surface area contributed by atoms with Crippen molar-refractivity contribution in [3.05, 3.63) is 37.8 Å². The number of rotatable bonds is 4. The maximum atomic E-state index is 4.29. The second-order valence-corrected chi connectivity index (χ2v) is 3.30. The molecule has 0 saturated heterocycles. The second kappa shape index (κ2) is 4.68. The average Bonchev–Trinajstić information content (AvgIpc) is 2.76. The van der Waals surface area contributed by atoms with Gasteiger partial charge in [-0.25, -0.2) is 15.0 Å². The maximum Gasteiger partial charge on any atom is 0.115 e. The molecule has 0 aromatic carbocycles. The van der Waals surface area contributed by atoms with Gasteiger partial charge in [-0.3, -0.25) is 0 Å². The van der Waals surface area contributed by atoms with Crippen molar-refractivity contribution in [2.45, 2.75) is 19.8 Å². The summed E-state index contributed by atoms with van der Waals surface area (Å²) in [5.41, 5.74) is 1.85. The molecule has 0 N–H and O–H groups in total. The van der Waals surface area contributed by atoms with Crippen molar-refractivity contribution in [2.24, 2.45) is 0 Å². The first-order chi connectivity index (χ1) is 7.40. The number of unbranched alkanes of at least 4 members (excludes halogenated alkanes) is 1. The molecule has 2 aromatic heterocycles. The van der Waals surface area contributed by atoms with Crippen molar-refractivity contribution in [3.8, 4) is 11.3 Å². The Morgan fingerprint density at radius 1 is 1.33 bits per heavy atom. The van der Waals surface area contributed by atoms with E-state index in [9.17, 15) is 0 Å². The largest absolute Gasteiger partial charge is 0.332 e. The molecular weight excluding hydrogens is 188 g/mol. The van der Waals surface area contributed by atoms with E-state index < -0.39 is 0 Å². The van der Waals surface area contributed by atoms with Crippen LogP contribution >= 0.6 is 0 Å². The van der Waals surface area contributed by atoms with E-state index >= 15 is 0 Å². The van der Waals surface area contributed by atoms with Crippen molar-refractivity contribution in [2.75, 3.05) is 0 Å². The van der Waals surface area contributed by atoms with E-state index in [0.717, 1.165) is 24.1 Å². The summed E-state index contributed by atoms with van der Waals surface area (Å²) in [6.07, 6.45) is 11.0. The zero-order valence-electron chi connectivity index (χ0n) is 8.67. The Bertz CT molecular complexity index is 408. The van der Waals surface area contributed by atoms with Crippen molar-refractivity contribution < 1.29 is 0 Å². The van der Waals surface area contributed by atoms with Gasteiger partial charge in [-0.15, -0.1) is 0 Å². The van der Waals surface area contributed by atoms with E-state index in [4.69, 9.17) is 0 Å². The molecule has 0 aliphatic carbocycles. The summed E-state index contributed by atoms with van der Waals surface area (Å²) in [5.74, 6) is 0. The molecule has 2 heterocycles. The zero-order chi connectivity index (χ0) is 10.5. The van der Waals surface area contributed by atoms with Crippen molar-refractivity contribution in [1.29, 1.82) is 0 Å². The van der Waals surface area contributed by atoms with E-state index in [0.29, 0.717) is 0 Å². The van der Waals surface area contributed by atoms with Crippen LogP contribution in [0.3, 0.4) is 0 Å². The average molecular weight is 201 g/mol. The second-order valence-electron chi connectivity index (χ2n) is 3.30. The highest BCUT2D eigenvalue weighted by atomic mass is 15.0. The molecule has 0 amide bonds. The quantitative estimate of drug-likeness (QED) is 0.761. The predicted molar refractivity (Wildman–Crippen MR) is 57.9 cm³/mol. The van der Waals surface area contributed by atoms with Gasteiger partial charge in [-0.1, -0.05) is 13.3 Å². The number of aromatic nitrogens is 4. The Labute approximate surface area is 89.0 Å². The lowest BCUT2D eigenvalue weighted by atomic mass is 10.3. The van der Waals surface area contributed by atoms with E-state index in [2.05, 4.69) is 28.4 Å². The molecule has 0 aliphatic heterocycles. The fraction of sp³-hybridized carbons (Fsp3) is 0.273. The Hall–Kier alpha value is -1.71. The van der Waals surface area contributed by atoms with Crippen LogP contribution in [0.1, 0.15) is 19.8 Å². The van der Waals surface area contributed by atoms with Gasteiger partial charge in [0.15, 0.2) is 0 Å². The van der Waals surface area contributed by atoms with Crippen LogP contribution in [-0.2, 0) is 0 Å². The fourth-order valence-corrected chi connectivity index (χ4v) is 1.30. The highest BCUT2D eigenvalue weighted by molar-refractivity contribution is 5.55. The van der Waals surface area contributed by atoms with Gasteiger partial charge in [-0.2, -0.15) is 0 Å². The van der Waals surface area contributed by atoms with Gasteiger partial charge in [0.25, 0.3) is 0 Å². The summed E-state index contributed by atoms with van der Waals surface area (Å²) in [4.78, 5) is 12.2. The van der Waals surface area contributed by atoms with Crippen LogP contribution in [0, 0.1) is 6.54 Å². The summed E-state index contributed by atoms with van der Waals surface area (Å²) in [5, 5.41) is 0. The maximum absolute atomic E-state index is 4.29. The molecule has 4 nitrogen and oxygen atoms in total. The van der Waals surface area contributed by atoms with Crippen LogP contribution in [0.2, 0.25) is 0 Å². The third-order valence-electron chi connectivity index (χ3n) is 2.09. The summed E-state index contributed by atoms with van der Waals surface area (Å²) in [6, 6.07) is 0. The molecule has 4 heteroatoms. The molecule has 15 heavy (non-hydrogen) atoms. The predicted octanol–water partition coefficient (Wildman–Crippen LogP) is 2.15. The minimum Gasteiger partial charge on any atom is -0.332 e. The van der Waals surface area contributed by atoms with Gasteiger partial charge in [0.1, 0.15) is 6.33 Å². The van der Waals surface area contributed by atoms with E-state index in [1.165, 1.54) is 6.33 Å². The molecule has 0 aliphatic rings. The van der Waals surface area contributed by atoms with Crippen molar-refractivity contribution >= 4 is 0 Å². The number of hydrogen-bond acceptors (Lipinski definition) is 3. The first-order valence-electron chi connectivity index (χ1n) is 5.02. The van der Waals surface area contributed by atoms with E-state index in [-0.39, 0.29) is 0 Å². The van der Waals surface area contributed by atoms with E-state index in [1.807, 2.05) is 10.8 Å². The Morgan fingerprint density at radius 2 is 2.13 bits per heavy atom. The lowest BCUT2D eigenvalue weighted by molar-refractivity contribution is 0.797. The summed E-state index contributed by atoms with van der Waals surface area (Å²) < 4.78 is 1.98. The van der Waals surface area contributed by atoms with E-state index in [1.54, 1.807) is 18.7 Å². The first-order valence-corrected chi connectivity index (χ1v) is 5.02. The Kier molecular flexibility index (Phi) is 3.07. The molecule has 2 aromatic rings. The standard InChI is InChI=1S/C11H13N4/c1-2-3-4-15-7-11(14-9-15)10-5-12-8-13-6-10/h4-9H,2-3H2,1H3. The van der Waals surface area contributed by atoms with Gasteiger partial charge >= 0.3 is 0 Å². The number of imidazole rings is 1. The Morgan fingerprint density at radius 3 is 2.87 bits per heavy atom. The molecule has 0 bridgehead atoms. The van der Waals surface area contributed by atoms with Gasteiger partial charge in [0, 0.05) is 24.2 Å².